The maximum absolute atomic E-state index is 12.3. The summed E-state index contributed by atoms with van der Waals surface area (Å²) in [6.45, 7) is 5.14. The molecule has 0 radical (unpaired) electrons. The maximum atomic E-state index is 12.3. The average molecular weight is 320 g/mol. The molecule has 0 aliphatic heterocycles. The van der Waals surface area contributed by atoms with Crippen LogP contribution in [0.15, 0.2) is 17.3 Å². The highest BCUT2D eigenvalue weighted by atomic mass is 32.2. The number of nitrogens with one attached hydrogen (secondary N) is 1. The standard InChI is InChI=1S/C12H24N4O2S2/c1-4-13-6-5-7-16-11-12(10-14-16)20(17,18)15(2)8-9-19-3/h10-11,13H,4-9H2,1-3H3. The van der Waals surface area contributed by atoms with Gasteiger partial charge < -0.3 is 5.32 Å². The van der Waals surface area contributed by atoms with E-state index in [4.69, 9.17) is 0 Å². The summed E-state index contributed by atoms with van der Waals surface area (Å²) in [5.74, 6) is 0.784. The van der Waals surface area contributed by atoms with Gasteiger partial charge in [0.05, 0.1) is 6.20 Å². The second-order valence-corrected chi connectivity index (χ2v) is 7.50. The van der Waals surface area contributed by atoms with E-state index < -0.39 is 10.0 Å². The summed E-state index contributed by atoms with van der Waals surface area (Å²) in [6, 6.07) is 0. The summed E-state index contributed by atoms with van der Waals surface area (Å²) >= 11 is 1.63. The van der Waals surface area contributed by atoms with Crippen molar-refractivity contribution in [2.45, 2.75) is 24.8 Å². The summed E-state index contributed by atoms with van der Waals surface area (Å²) in [4.78, 5) is 0.268. The summed E-state index contributed by atoms with van der Waals surface area (Å²) < 4.78 is 27.6. The molecule has 1 heterocycles. The van der Waals surface area contributed by atoms with E-state index in [9.17, 15) is 8.42 Å². The van der Waals surface area contributed by atoms with Crippen LogP contribution in [0.2, 0.25) is 0 Å². The third-order valence-corrected chi connectivity index (χ3v) is 5.32. The smallest absolute Gasteiger partial charge is 0.245 e. The van der Waals surface area contributed by atoms with Crippen LogP contribution in [0.1, 0.15) is 13.3 Å². The van der Waals surface area contributed by atoms with Crippen LogP contribution in [0.4, 0.5) is 0 Å². The molecule has 8 heteroatoms. The normalized spacial score (nSPS) is 12.2. The highest BCUT2D eigenvalue weighted by Gasteiger charge is 2.21. The minimum atomic E-state index is -3.40. The molecule has 1 rings (SSSR count). The first kappa shape index (κ1) is 17.5. The molecule has 116 valence electrons. The first-order chi connectivity index (χ1) is 9.52. The highest BCUT2D eigenvalue weighted by Crippen LogP contribution is 2.13. The lowest BCUT2D eigenvalue weighted by Gasteiger charge is -2.14. The number of hydrogen-bond acceptors (Lipinski definition) is 5. The number of thioether (sulfide) groups is 1. The quantitative estimate of drug-likeness (QED) is 0.648. The van der Waals surface area contributed by atoms with E-state index in [1.54, 1.807) is 29.7 Å². The number of rotatable bonds is 10. The van der Waals surface area contributed by atoms with Crippen molar-refractivity contribution in [2.75, 3.05) is 38.7 Å². The van der Waals surface area contributed by atoms with Gasteiger partial charge in [-0.05, 0) is 25.8 Å². The molecular formula is C12H24N4O2S2. The molecule has 1 aromatic rings. The van der Waals surface area contributed by atoms with Gasteiger partial charge in [-0.2, -0.15) is 16.9 Å². The van der Waals surface area contributed by atoms with E-state index in [0.717, 1.165) is 31.8 Å². The zero-order chi connectivity index (χ0) is 15.0. The van der Waals surface area contributed by atoms with Gasteiger partial charge in [-0.3, -0.25) is 4.68 Å². The van der Waals surface area contributed by atoms with Crippen molar-refractivity contribution in [3.63, 3.8) is 0 Å². The topological polar surface area (TPSA) is 67.2 Å². The maximum Gasteiger partial charge on any atom is 0.245 e. The van der Waals surface area contributed by atoms with Crippen LogP contribution < -0.4 is 5.32 Å². The summed E-state index contributed by atoms with van der Waals surface area (Å²) in [5, 5.41) is 7.35. The van der Waals surface area contributed by atoms with Crippen LogP contribution in [0.25, 0.3) is 0 Å². The fraction of sp³-hybridized carbons (Fsp3) is 0.750. The molecule has 0 aliphatic carbocycles. The summed E-state index contributed by atoms with van der Waals surface area (Å²) in [5.41, 5.74) is 0. The van der Waals surface area contributed by atoms with Crippen LogP contribution in [0, 0.1) is 0 Å². The molecule has 0 bridgehead atoms. The van der Waals surface area contributed by atoms with Gasteiger partial charge in [-0.1, -0.05) is 6.92 Å². The fourth-order valence-electron chi connectivity index (χ4n) is 1.66. The molecule has 0 saturated heterocycles. The van der Waals surface area contributed by atoms with Crippen molar-refractivity contribution in [1.82, 2.24) is 19.4 Å². The lowest BCUT2D eigenvalue weighted by molar-refractivity contribution is 0.488. The van der Waals surface area contributed by atoms with Crippen LogP contribution in [-0.2, 0) is 16.6 Å². The molecule has 1 N–H and O–H groups in total. The highest BCUT2D eigenvalue weighted by molar-refractivity contribution is 7.98. The molecule has 0 aromatic carbocycles. The second kappa shape index (κ2) is 8.66. The van der Waals surface area contributed by atoms with Gasteiger partial charge in [-0.25, -0.2) is 12.7 Å². The molecule has 20 heavy (non-hydrogen) atoms. The van der Waals surface area contributed by atoms with E-state index in [1.165, 1.54) is 10.5 Å². The molecule has 1 aromatic heterocycles. The largest absolute Gasteiger partial charge is 0.317 e. The molecule has 0 saturated carbocycles. The van der Waals surface area contributed by atoms with Crippen molar-refractivity contribution in [3.8, 4) is 0 Å². The Morgan fingerprint density at radius 2 is 2.25 bits per heavy atom. The van der Waals surface area contributed by atoms with Gasteiger partial charge in [-0.15, -0.1) is 0 Å². The van der Waals surface area contributed by atoms with Crippen LogP contribution in [0.3, 0.4) is 0 Å². The molecule has 0 amide bonds. The number of aryl methyl sites for hydroxylation is 1. The minimum Gasteiger partial charge on any atom is -0.317 e. The van der Waals surface area contributed by atoms with Gasteiger partial charge >= 0.3 is 0 Å². The fourth-order valence-corrected chi connectivity index (χ4v) is 3.36. The first-order valence-electron chi connectivity index (χ1n) is 6.70. The molecule has 6 nitrogen and oxygen atoms in total. The molecule has 0 atom stereocenters. The predicted molar refractivity (Wildman–Crippen MR) is 83.6 cm³/mol. The van der Waals surface area contributed by atoms with E-state index in [1.807, 2.05) is 6.26 Å². The Kier molecular flexibility index (Phi) is 7.57. The predicted octanol–water partition coefficient (Wildman–Crippen LogP) is 0.866. The monoisotopic (exact) mass is 320 g/mol. The van der Waals surface area contributed by atoms with Crippen molar-refractivity contribution in [2.24, 2.45) is 0 Å². The molecule has 0 fully saturated rings. The SMILES string of the molecule is CCNCCCn1cc(S(=O)(=O)N(C)CCSC)cn1. The van der Waals surface area contributed by atoms with Crippen LogP contribution >= 0.6 is 11.8 Å². The van der Waals surface area contributed by atoms with Gasteiger partial charge in [0.15, 0.2) is 0 Å². The van der Waals surface area contributed by atoms with E-state index >= 15 is 0 Å². The molecular weight excluding hydrogens is 296 g/mol. The lowest BCUT2D eigenvalue weighted by Crippen LogP contribution is -2.28. The van der Waals surface area contributed by atoms with Gasteiger partial charge in [0.1, 0.15) is 4.90 Å². The Morgan fingerprint density at radius 1 is 1.50 bits per heavy atom. The van der Waals surface area contributed by atoms with Crippen LogP contribution in [-0.4, -0.2) is 61.2 Å². The minimum absolute atomic E-state index is 0.268. The summed E-state index contributed by atoms with van der Waals surface area (Å²) in [7, 11) is -1.80. The van der Waals surface area contributed by atoms with Gasteiger partial charge in [0, 0.05) is 32.1 Å². The Bertz CT molecular complexity index is 487. The third-order valence-electron chi connectivity index (χ3n) is 2.92. The van der Waals surface area contributed by atoms with Gasteiger partial charge in [0.2, 0.25) is 10.0 Å². The Morgan fingerprint density at radius 3 is 2.90 bits per heavy atom. The number of aromatic nitrogens is 2. The molecule has 0 spiro atoms. The number of hydrogen-bond donors (Lipinski definition) is 1. The van der Waals surface area contributed by atoms with Crippen molar-refractivity contribution >= 4 is 21.8 Å². The number of nitrogens with zero attached hydrogens (tertiary/aromatic N) is 3. The van der Waals surface area contributed by atoms with Crippen molar-refractivity contribution in [1.29, 1.82) is 0 Å². The third kappa shape index (κ3) is 5.08. The van der Waals surface area contributed by atoms with Crippen molar-refractivity contribution in [3.05, 3.63) is 12.4 Å². The zero-order valence-electron chi connectivity index (χ0n) is 12.4. The number of sulfonamides is 1. The van der Waals surface area contributed by atoms with E-state index in [0.29, 0.717) is 6.54 Å². The van der Waals surface area contributed by atoms with E-state index in [-0.39, 0.29) is 4.90 Å². The average Bonchev–Trinajstić information content (AvgIpc) is 2.90. The van der Waals surface area contributed by atoms with Gasteiger partial charge in [0.25, 0.3) is 0 Å². The zero-order valence-corrected chi connectivity index (χ0v) is 14.0. The second-order valence-electron chi connectivity index (χ2n) is 4.47. The first-order valence-corrected chi connectivity index (χ1v) is 9.54. The van der Waals surface area contributed by atoms with E-state index in [2.05, 4.69) is 17.3 Å². The Hall–Kier alpha value is -0.570. The Labute approximate surface area is 126 Å². The van der Waals surface area contributed by atoms with Crippen molar-refractivity contribution < 1.29 is 8.42 Å². The molecule has 0 aliphatic rings. The molecule has 0 unspecified atom stereocenters. The summed E-state index contributed by atoms with van der Waals surface area (Å²) in [6.07, 6.45) is 5.93. The van der Waals surface area contributed by atoms with Crippen LogP contribution in [0.5, 0.6) is 0 Å². The Balaban J connectivity index is 2.60. The lowest BCUT2D eigenvalue weighted by atomic mass is 10.4.